The summed E-state index contributed by atoms with van der Waals surface area (Å²) in [6.07, 6.45) is 0. The molecule has 0 spiro atoms. The molecule has 0 aliphatic rings. The van der Waals surface area contributed by atoms with E-state index in [2.05, 4.69) is 15.4 Å². The van der Waals surface area contributed by atoms with Crippen molar-refractivity contribution in [2.75, 3.05) is 19.5 Å². The van der Waals surface area contributed by atoms with Gasteiger partial charge < -0.3 is 10.1 Å². The maximum Gasteiger partial charge on any atom is 0.243 e. The van der Waals surface area contributed by atoms with Gasteiger partial charge in [-0.15, -0.1) is 16.4 Å². The van der Waals surface area contributed by atoms with Crippen LogP contribution in [0, 0.1) is 0 Å². The van der Waals surface area contributed by atoms with Crippen LogP contribution in [-0.2, 0) is 0 Å². The predicted molar refractivity (Wildman–Crippen MR) is 72.4 cm³/mol. The van der Waals surface area contributed by atoms with E-state index in [0.29, 0.717) is 5.95 Å². The lowest BCUT2D eigenvalue weighted by Gasteiger charge is -2.02. The molecule has 0 unspecified atom stereocenters. The average molecular weight is 260 g/mol. The van der Waals surface area contributed by atoms with Gasteiger partial charge in [-0.25, -0.2) is 4.52 Å². The number of thiazole rings is 1. The van der Waals surface area contributed by atoms with Gasteiger partial charge >= 0.3 is 0 Å². The molecule has 0 bridgehead atoms. The van der Waals surface area contributed by atoms with Gasteiger partial charge in [-0.1, -0.05) is 12.1 Å². The van der Waals surface area contributed by atoms with Gasteiger partial charge in [0.25, 0.3) is 0 Å². The largest absolute Gasteiger partial charge is 0.497 e. The summed E-state index contributed by atoms with van der Waals surface area (Å²) >= 11 is 1.57. The van der Waals surface area contributed by atoms with Crippen LogP contribution in [0.15, 0.2) is 29.6 Å². The third kappa shape index (κ3) is 1.70. The summed E-state index contributed by atoms with van der Waals surface area (Å²) in [5.41, 5.74) is 2.08. The number of nitrogens with zero attached hydrogens (tertiary/aromatic N) is 3. The van der Waals surface area contributed by atoms with E-state index in [9.17, 15) is 0 Å². The molecule has 5 nitrogen and oxygen atoms in total. The van der Waals surface area contributed by atoms with Crippen molar-refractivity contribution in [3.05, 3.63) is 29.6 Å². The Labute approximate surface area is 108 Å². The SMILES string of the molecule is CNc1nc2scc(-c3cccc(OC)c3)n2n1. The fourth-order valence-electron chi connectivity index (χ4n) is 1.77. The number of hydrogen-bond acceptors (Lipinski definition) is 5. The van der Waals surface area contributed by atoms with E-state index >= 15 is 0 Å². The molecule has 0 fully saturated rings. The van der Waals surface area contributed by atoms with Crippen LogP contribution < -0.4 is 10.1 Å². The Bertz CT molecular complexity index is 688. The molecule has 1 aromatic carbocycles. The molecule has 2 aromatic heterocycles. The van der Waals surface area contributed by atoms with Crippen molar-refractivity contribution in [2.45, 2.75) is 0 Å². The minimum absolute atomic E-state index is 0.631. The van der Waals surface area contributed by atoms with Crippen molar-refractivity contribution in [1.29, 1.82) is 0 Å². The van der Waals surface area contributed by atoms with E-state index < -0.39 is 0 Å². The molecule has 1 N–H and O–H groups in total. The van der Waals surface area contributed by atoms with Crippen molar-refractivity contribution < 1.29 is 4.74 Å². The van der Waals surface area contributed by atoms with E-state index in [1.54, 1.807) is 18.4 Å². The van der Waals surface area contributed by atoms with E-state index in [1.165, 1.54) is 0 Å². The first-order valence-electron chi connectivity index (χ1n) is 5.48. The second kappa shape index (κ2) is 4.30. The van der Waals surface area contributed by atoms with Crippen molar-refractivity contribution in [3.8, 4) is 17.0 Å². The van der Waals surface area contributed by atoms with E-state index in [-0.39, 0.29) is 0 Å². The highest BCUT2D eigenvalue weighted by molar-refractivity contribution is 7.15. The van der Waals surface area contributed by atoms with Crippen molar-refractivity contribution in [1.82, 2.24) is 14.6 Å². The Morgan fingerprint density at radius 2 is 2.28 bits per heavy atom. The molecule has 3 rings (SSSR count). The number of rotatable bonds is 3. The van der Waals surface area contributed by atoms with Crippen LogP contribution >= 0.6 is 11.3 Å². The number of methoxy groups -OCH3 is 1. The molecule has 3 aromatic rings. The summed E-state index contributed by atoms with van der Waals surface area (Å²) in [5.74, 6) is 1.46. The van der Waals surface area contributed by atoms with Crippen LogP contribution in [-0.4, -0.2) is 28.8 Å². The molecule has 0 saturated heterocycles. The molecule has 92 valence electrons. The normalized spacial score (nSPS) is 10.8. The first-order chi connectivity index (χ1) is 8.81. The number of benzene rings is 1. The minimum Gasteiger partial charge on any atom is -0.497 e. The Morgan fingerprint density at radius 3 is 3.06 bits per heavy atom. The average Bonchev–Trinajstić information content (AvgIpc) is 2.98. The van der Waals surface area contributed by atoms with Crippen molar-refractivity contribution in [3.63, 3.8) is 0 Å². The number of ether oxygens (including phenoxy) is 1. The molecule has 0 amide bonds. The Kier molecular flexibility index (Phi) is 2.64. The number of anilines is 1. The van der Waals surface area contributed by atoms with Crippen LogP contribution in [0.4, 0.5) is 5.95 Å². The Morgan fingerprint density at radius 1 is 1.39 bits per heavy atom. The summed E-state index contributed by atoms with van der Waals surface area (Å²) < 4.78 is 7.08. The smallest absolute Gasteiger partial charge is 0.243 e. The van der Waals surface area contributed by atoms with Crippen molar-refractivity contribution >= 4 is 22.2 Å². The lowest BCUT2D eigenvalue weighted by atomic mass is 10.2. The predicted octanol–water partition coefficient (Wildman–Crippen LogP) is 2.51. The zero-order valence-corrected chi connectivity index (χ0v) is 10.9. The monoisotopic (exact) mass is 260 g/mol. The second-order valence-electron chi connectivity index (χ2n) is 3.73. The second-order valence-corrected chi connectivity index (χ2v) is 4.57. The Hall–Kier alpha value is -2.08. The van der Waals surface area contributed by atoms with Crippen molar-refractivity contribution in [2.24, 2.45) is 0 Å². The third-order valence-electron chi connectivity index (χ3n) is 2.67. The molecule has 0 saturated carbocycles. The Balaban J connectivity index is 2.14. The molecular formula is C12H12N4OS. The molecule has 0 aliphatic carbocycles. The van der Waals surface area contributed by atoms with E-state index in [1.807, 2.05) is 41.2 Å². The van der Waals surface area contributed by atoms with Gasteiger partial charge in [0, 0.05) is 18.0 Å². The van der Waals surface area contributed by atoms with E-state index in [0.717, 1.165) is 22.0 Å². The highest BCUT2D eigenvalue weighted by Crippen LogP contribution is 2.28. The summed E-state index contributed by atoms with van der Waals surface area (Å²) in [6, 6.07) is 7.91. The highest BCUT2D eigenvalue weighted by atomic mass is 32.1. The molecule has 2 heterocycles. The topological polar surface area (TPSA) is 51.5 Å². The minimum atomic E-state index is 0.631. The van der Waals surface area contributed by atoms with Crippen LogP contribution in [0.3, 0.4) is 0 Å². The molecule has 0 aliphatic heterocycles. The van der Waals surface area contributed by atoms with Gasteiger partial charge in [0.2, 0.25) is 10.9 Å². The van der Waals surface area contributed by atoms with Gasteiger partial charge in [0.1, 0.15) is 5.75 Å². The maximum absolute atomic E-state index is 5.24. The zero-order valence-electron chi connectivity index (χ0n) is 10.0. The summed E-state index contributed by atoms with van der Waals surface area (Å²) in [7, 11) is 3.47. The molecule has 18 heavy (non-hydrogen) atoms. The lowest BCUT2D eigenvalue weighted by Crippen LogP contribution is -1.93. The van der Waals surface area contributed by atoms with Gasteiger partial charge in [-0.05, 0) is 12.1 Å². The first-order valence-corrected chi connectivity index (χ1v) is 6.36. The molecule has 0 radical (unpaired) electrons. The third-order valence-corrected chi connectivity index (χ3v) is 3.49. The van der Waals surface area contributed by atoms with Crippen LogP contribution in [0.25, 0.3) is 16.2 Å². The highest BCUT2D eigenvalue weighted by Gasteiger charge is 2.11. The van der Waals surface area contributed by atoms with Crippen LogP contribution in [0.5, 0.6) is 5.75 Å². The van der Waals surface area contributed by atoms with Crippen LogP contribution in [0.2, 0.25) is 0 Å². The number of nitrogens with one attached hydrogen (secondary N) is 1. The first kappa shape index (κ1) is 11.0. The van der Waals surface area contributed by atoms with Gasteiger partial charge in [-0.3, -0.25) is 0 Å². The molecule has 0 atom stereocenters. The summed E-state index contributed by atoms with van der Waals surface area (Å²) in [6.45, 7) is 0. The number of fused-ring (bicyclic) bond motifs is 1. The summed E-state index contributed by atoms with van der Waals surface area (Å²) in [5, 5.41) is 9.37. The zero-order chi connectivity index (χ0) is 12.5. The van der Waals surface area contributed by atoms with Gasteiger partial charge in [0.15, 0.2) is 0 Å². The molecular weight excluding hydrogens is 248 g/mol. The quantitative estimate of drug-likeness (QED) is 0.786. The number of aromatic nitrogens is 3. The maximum atomic E-state index is 5.24. The number of hydrogen-bond donors (Lipinski definition) is 1. The fraction of sp³-hybridized carbons (Fsp3) is 0.167. The van der Waals surface area contributed by atoms with Gasteiger partial charge in [0.05, 0.1) is 12.8 Å². The lowest BCUT2D eigenvalue weighted by molar-refractivity contribution is 0.415. The standard InChI is InChI=1S/C12H12N4OS/c1-13-11-14-12-16(15-11)10(7-18-12)8-4-3-5-9(6-8)17-2/h3-7H,1-2H3,(H,13,15). The summed E-state index contributed by atoms with van der Waals surface area (Å²) in [4.78, 5) is 5.22. The van der Waals surface area contributed by atoms with Crippen LogP contribution in [0.1, 0.15) is 0 Å². The fourth-order valence-corrected chi connectivity index (χ4v) is 2.60. The molecule has 6 heteroatoms. The van der Waals surface area contributed by atoms with Gasteiger partial charge in [-0.2, -0.15) is 4.98 Å². The van der Waals surface area contributed by atoms with E-state index in [4.69, 9.17) is 4.74 Å².